The Kier molecular flexibility index (Phi) is 21.6. The van der Waals surface area contributed by atoms with Gasteiger partial charge < -0.3 is 30.3 Å². The summed E-state index contributed by atoms with van der Waals surface area (Å²) in [5, 5.41) is 12.0. The molecule has 0 radical (unpaired) electrons. The number of alkyl carbamates (subject to hydrolysis) is 1. The molecule has 0 aliphatic carbocycles. The molecule has 4 amide bonds. The van der Waals surface area contributed by atoms with E-state index in [2.05, 4.69) is 39.8 Å². The van der Waals surface area contributed by atoms with Gasteiger partial charge in [-0.15, -0.1) is 22.7 Å². The van der Waals surface area contributed by atoms with Gasteiger partial charge in [0.2, 0.25) is 5.91 Å². The minimum atomic E-state index is -4.13. The van der Waals surface area contributed by atoms with Crippen LogP contribution in [-0.2, 0) is 63.2 Å². The van der Waals surface area contributed by atoms with Crippen LogP contribution in [0.1, 0.15) is 129 Å². The number of amides is 4. The summed E-state index contributed by atoms with van der Waals surface area (Å²) in [6.07, 6.45) is 0.179. The highest BCUT2D eigenvalue weighted by Gasteiger charge is 2.40. The number of benzene rings is 2. The van der Waals surface area contributed by atoms with Crippen LogP contribution < -0.4 is 16.0 Å². The Labute approximate surface area is 423 Å². The third-order valence-corrected chi connectivity index (χ3v) is 14.3. The van der Waals surface area contributed by atoms with Gasteiger partial charge in [0.15, 0.2) is 0 Å². The molecule has 0 fully saturated rings. The van der Waals surface area contributed by atoms with E-state index >= 15 is 0 Å². The van der Waals surface area contributed by atoms with Crippen molar-refractivity contribution in [3.63, 3.8) is 0 Å². The third-order valence-electron chi connectivity index (χ3n) is 10.4. The molecule has 0 unspecified atom stereocenters. The Bertz CT molecular complexity index is 2280. The molecule has 0 bridgehead atoms. The molecular weight excluding hydrogens is 952 g/mol. The number of carbonyl (C=O) groups excluding carboxylic acids is 4. The molecule has 2 aromatic heterocycles. The third kappa shape index (κ3) is 20.9. The number of thiazole rings is 2. The maximum absolute atomic E-state index is 14.5. The zero-order chi connectivity index (χ0) is 51.9. The molecule has 4 rings (SSSR count). The highest BCUT2D eigenvalue weighted by Crippen LogP contribution is 2.56. The first-order valence-corrected chi connectivity index (χ1v) is 26.9. The molecule has 2 aromatic carbocycles. The van der Waals surface area contributed by atoms with Crippen LogP contribution >= 0.6 is 30.5 Å². The van der Waals surface area contributed by atoms with Crippen molar-refractivity contribution in [3.8, 4) is 0 Å². The lowest BCUT2D eigenvalue weighted by atomic mass is 9.90. The summed E-state index contributed by atoms with van der Waals surface area (Å²) in [6.45, 7) is 21.9. The summed E-state index contributed by atoms with van der Waals surface area (Å²) >= 11 is 2.89. The molecular formula is C51H75N6O10PS2. The second-order valence-corrected chi connectivity index (χ2v) is 24.4. The van der Waals surface area contributed by atoms with E-state index in [1.807, 2.05) is 79.9 Å². The fraction of sp³-hybridized carbons (Fsp3) is 0.569. The average molecular weight is 1030 g/mol. The number of rotatable bonds is 25. The average Bonchev–Trinajstić information content (AvgIpc) is 3.96. The zero-order valence-electron chi connectivity index (χ0n) is 43.1. The summed E-state index contributed by atoms with van der Waals surface area (Å²) in [5.41, 5.74) is 1.42. The summed E-state index contributed by atoms with van der Waals surface area (Å²) < 4.78 is 43.7. The Morgan fingerprint density at radius 2 is 1.40 bits per heavy atom. The Morgan fingerprint density at radius 1 is 0.800 bits per heavy atom. The Hall–Kier alpha value is -4.71. The second kappa shape index (κ2) is 26.1. The van der Waals surface area contributed by atoms with E-state index in [0.717, 1.165) is 26.7 Å². The highest BCUT2D eigenvalue weighted by molar-refractivity contribution is 7.48. The number of hydrogen-bond acceptors (Lipinski definition) is 14. The van der Waals surface area contributed by atoms with Crippen LogP contribution in [0.15, 0.2) is 77.8 Å². The molecule has 3 N–H and O–H groups in total. The molecule has 0 saturated heterocycles. The van der Waals surface area contributed by atoms with Gasteiger partial charge in [0.25, 0.3) is 0 Å². The fourth-order valence-corrected chi connectivity index (χ4v) is 10.5. The Morgan fingerprint density at radius 3 is 1.93 bits per heavy atom. The van der Waals surface area contributed by atoms with Crippen molar-refractivity contribution < 1.29 is 46.8 Å². The second-order valence-electron chi connectivity index (χ2n) is 21.0. The fourth-order valence-electron chi connectivity index (χ4n) is 7.15. The molecule has 70 heavy (non-hydrogen) atoms. The number of carbonyl (C=O) groups is 4. The number of nitrogens with zero attached hydrogens (tertiary/aromatic N) is 3. The van der Waals surface area contributed by atoms with Gasteiger partial charge in [0, 0.05) is 37.0 Å². The van der Waals surface area contributed by atoms with Crippen molar-refractivity contribution in [2.75, 3.05) is 13.7 Å². The first-order valence-electron chi connectivity index (χ1n) is 23.7. The number of phosphoric acid groups is 1. The van der Waals surface area contributed by atoms with Gasteiger partial charge in [-0.2, -0.15) is 0 Å². The van der Waals surface area contributed by atoms with Crippen LogP contribution in [0, 0.1) is 11.3 Å². The van der Waals surface area contributed by atoms with Crippen molar-refractivity contribution in [2.24, 2.45) is 11.3 Å². The monoisotopic (exact) mass is 1030 g/mol. The van der Waals surface area contributed by atoms with Crippen molar-refractivity contribution in [3.05, 3.63) is 104 Å². The van der Waals surface area contributed by atoms with E-state index in [-0.39, 0.29) is 50.9 Å². The van der Waals surface area contributed by atoms with Gasteiger partial charge in [-0.1, -0.05) is 102 Å². The molecule has 0 spiro atoms. The first kappa shape index (κ1) is 57.9. The predicted octanol–water partition coefficient (Wildman–Crippen LogP) is 10.6. The smallest absolute Gasteiger partial charge is 0.460 e. The zero-order valence-corrected chi connectivity index (χ0v) is 45.6. The molecule has 2 heterocycles. The summed E-state index contributed by atoms with van der Waals surface area (Å²) in [7, 11) is -2.47. The topological polar surface area (TPSA) is 197 Å². The van der Waals surface area contributed by atoms with Crippen molar-refractivity contribution in [1.82, 2.24) is 30.8 Å². The quantitative estimate of drug-likeness (QED) is 0.0420. The van der Waals surface area contributed by atoms with Crippen LogP contribution in [0.4, 0.5) is 9.59 Å². The lowest BCUT2D eigenvalue weighted by Gasteiger charge is -2.34. The largest absolute Gasteiger partial charge is 0.475 e. The molecule has 386 valence electrons. The summed E-state index contributed by atoms with van der Waals surface area (Å²) in [6, 6.07) is 16.0. The lowest BCUT2D eigenvalue weighted by molar-refractivity contribution is -0.154. The molecule has 0 aliphatic heterocycles. The normalized spacial score (nSPS) is 14.1. The molecule has 4 aromatic rings. The van der Waals surface area contributed by atoms with Gasteiger partial charge >= 0.3 is 25.9 Å². The number of hydrogen-bond donors (Lipinski definition) is 3. The maximum atomic E-state index is 14.5. The van der Waals surface area contributed by atoms with E-state index in [1.165, 1.54) is 16.2 Å². The predicted molar refractivity (Wildman–Crippen MR) is 274 cm³/mol. The van der Waals surface area contributed by atoms with Crippen LogP contribution in [0.2, 0.25) is 0 Å². The van der Waals surface area contributed by atoms with Gasteiger partial charge in [0.1, 0.15) is 18.8 Å². The molecule has 0 aliphatic rings. The highest BCUT2D eigenvalue weighted by atomic mass is 32.1. The van der Waals surface area contributed by atoms with E-state index in [9.17, 15) is 23.7 Å². The number of aromatic nitrogens is 2. The van der Waals surface area contributed by atoms with E-state index < -0.39 is 72.7 Å². The number of esters is 1. The summed E-state index contributed by atoms with van der Waals surface area (Å²) in [4.78, 5) is 67.2. The lowest BCUT2D eigenvalue weighted by Crippen LogP contribution is -2.56. The molecule has 16 nitrogen and oxygen atoms in total. The summed E-state index contributed by atoms with van der Waals surface area (Å²) in [5.74, 6) is -1.14. The van der Waals surface area contributed by atoms with Crippen molar-refractivity contribution in [1.29, 1.82) is 0 Å². The molecule has 0 saturated carbocycles. The van der Waals surface area contributed by atoms with Gasteiger partial charge in [-0.25, -0.2) is 19.1 Å². The van der Waals surface area contributed by atoms with E-state index in [1.54, 1.807) is 85.5 Å². The maximum Gasteiger partial charge on any atom is 0.475 e. The van der Waals surface area contributed by atoms with E-state index in [4.69, 9.17) is 23.0 Å². The van der Waals surface area contributed by atoms with Crippen LogP contribution in [-0.4, -0.2) is 88.0 Å². The Balaban J connectivity index is 1.67. The van der Waals surface area contributed by atoms with Crippen LogP contribution in [0.3, 0.4) is 0 Å². The molecule has 19 heteroatoms. The standard InChI is InChI=1S/C51H75N6O10PS2/c1-34(2)44(56-47(60)57(13)29-39-31-69-46(54-39)35(3)4)45(59)53-38(24-36-20-16-14-17-21-36)26-42(41(25-37-22-18-15-19-23-37)55-48(61)63-30-40-28-52-33-70-40)65-43(58)27-51(11,12)32-64-68(62,66-49(5,6)7)67-50(8,9)10/h14-23,28,31,33-35,38,41-42,44H,24-27,29-30,32H2,1-13H3,(H,53,59)(H,55,61)(H,56,60)/t38-,41+,42+,44+/m1/s1. The minimum Gasteiger partial charge on any atom is -0.460 e. The van der Waals surface area contributed by atoms with Gasteiger partial charge in [0.05, 0.1) is 57.9 Å². The number of nitrogens with one attached hydrogen (secondary N) is 3. The van der Waals surface area contributed by atoms with Gasteiger partial charge in [-0.05, 0) is 76.8 Å². The van der Waals surface area contributed by atoms with Crippen molar-refractivity contribution >= 4 is 54.5 Å². The number of urea groups is 1. The first-order chi connectivity index (χ1) is 32.7. The SMILES string of the molecule is CC(C)c1nc(CN(C)C(=O)N[C@H](C(=O)N[C@H](Cc2ccccc2)C[C@H](OC(=O)CC(C)(C)COP(=O)(OC(C)(C)C)OC(C)(C)C)[C@H](Cc2ccccc2)NC(=O)OCc2cncs2)C(C)C)cs1. The van der Waals surface area contributed by atoms with Gasteiger partial charge in [-0.3, -0.25) is 28.1 Å². The number of phosphoric ester groups is 1. The number of ether oxygens (including phenoxy) is 2. The van der Waals surface area contributed by atoms with Crippen LogP contribution in [0.5, 0.6) is 0 Å². The molecule has 4 atom stereocenters. The minimum absolute atomic E-state index is 0.0259. The van der Waals surface area contributed by atoms with E-state index in [0.29, 0.717) is 6.42 Å². The van der Waals surface area contributed by atoms with Crippen molar-refractivity contribution in [2.45, 2.75) is 163 Å². The van der Waals surface area contributed by atoms with Crippen LogP contribution in [0.25, 0.3) is 0 Å².